The molecule has 0 spiro atoms. The average molecular weight is 262 g/mol. The summed E-state index contributed by atoms with van der Waals surface area (Å²) >= 11 is 0. The minimum atomic E-state index is 0.0126. The van der Waals surface area contributed by atoms with E-state index >= 15 is 0 Å². The van der Waals surface area contributed by atoms with Crippen LogP contribution in [0.15, 0.2) is 12.4 Å². The number of anilines is 1. The zero-order chi connectivity index (χ0) is 13.8. The molecular weight excluding hydrogens is 244 g/mol. The highest BCUT2D eigenvalue weighted by Crippen LogP contribution is 2.18. The summed E-state index contributed by atoms with van der Waals surface area (Å²) in [6.45, 7) is 6.58. The highest BCUT2D eigenvalue weighted by Gasteiger charge is 2.11. The van der Waals surface area contributed by atoms with E-state index < -0.39 is 0 Å². The van der Waals surface area contributed by atoms with Crippen molar-refractivity contribution in [3.8, 4) is 17.4 Å². The third-order valence-corrected chi connectivity index (χ3v) is 2.25. The molecule has 0 aliphatic heterocycles. The van der Waals surface area contributed by atoms with Crippen molar-refractivity contribution >= 4 is 5.95 Å². The van der Waals surface area contributed by atoms with Crippen LogP contribution in [0.1, 0.15) is 20.8 Å². The van der Waals surface area contributed by atoms with Crippen LogP contribution >= 0.6 is 0 Å². The van der Waals surface area contributed by atoms with E-state index in [1.807, 2.05) is 34.0 Å². The summed E-state index contributed by atoms with van der Waals surface area (Å²) in [6, 6.07) is 0.319. The lowest BCUT2D eigenvalue weighted by atomic mass is 10.3. The normalized spacial score (nSPS) is 10.8. The van der Waals surface area contributed by atoms with Gasteiger partial charge in [0.2, 0.25) is 5.95 Å². The molecule has 0 saturated carbocycles. The van der Waals surface area contributed by atoms with Gasteiger partial charge in [0.15, 0.2) is 5.82 Å². The van der Waals surface area contributed by atoms with E-state index in [1.54, 1.807) is 10.9 Å². The van der Waals surface area contributed by atoms with Gasteiger partial charge in [-0.2, -0.15) is 20.1 Å². The van der Waals surface area contributed by atoms with Crippen molar-refractivity contribution in [1.29, 1.82) is 0 Å². The maximum atomic E-state index is 5.54. The number of aromatic nitrogens is 5. The molecular formula is C12H18N6O. The van der Waals surface area contributed by atoms with Crippen molar-refractivity contribution in [3.05, 3.63) is 12.4 Å². The third-order valence-electron chi connectivity index (χ3n) is 2.25. The second-order valence-corrected chi connectivity index (χ2v) is 4.36. The van der Waals surface area contributed by atoms with E-state index in [0.717, 1.165) is 12.1 Å². The Hall–Kier alpha value is -2.18. The quantitative estimate of drug-likeness (QED) is 0.879. The molecule has 2 heterocycles. The molecule has 1 N–H and O–H groups in total. The van der Waals surface area contributed by atoms with E-state index in [9.17, 15) is 0 Å². The van der Waals surface area contributed by atoms with Crippen molar-refractivity contribution in [2.45, 2.75) is 26.9 Å². The molecule has 0 amide bonds. The molecule has 0 unspecified atom stereocenters. The number of nitrogens with one attached hydrogen (secondary N) is 1. The molecule has 7 heteroatoms. The van der Waals surface area contributed by atoms with E-state index in [-0.39, 0.29) is 6.10 Å². The Labute approximate surface area is 112 Å². The van der Waals surface area contributed by atoms with Gasteiger partial charge in [-0.1, -0.05) is 0 Å². The first-order valence-corrected chi connectivity index (χ1v) is 6.24. The first kappa shape index (κ1) is 13.3. The van der Waals surface area contributed by atoms with Crippen LogP contribution < -0.4 is 10.1 Å². The molecule has 0 atom stereocenters. The number of rotatable bonds is 5. The van der Waals surface area contributed by atoms with Gasteiger partial charge < -0.3 is 10.1 Å². The SMILES string of the molecule is CCNc1nc(OC(C)C)nc(-c2cnn(C)c2)n1. The topological polar surface area (TPSA) is 77.8 Å². The predicted octanol–water partition coefficient (Wildman–Crippen LogP) is 1.49. The van der Waals surface area contributed by atoms with Crippen LogP contribution in [0.5, 0.6) is 6.01 Å². The molecule has 19 heavy (non-hydrogen) atoms. The Morgan fingerprint density at radius 1 is 1.32 bits per heavy atom. The highest BCUT2D eigenvalue weighted by molar-refractivity contribution is 5.54. The Morgan fingerprint density at radius 2 is 2.11 bits per heavy atom. The van der Waals surface area contributed by atoms with Crippen LogP contribution in [0.3, 0.4) is 0 Å². The monoisotopic (exact) mass is 262 g/mol. The fraction of sp³-hybridized carbons (Fsp3) is 0.500. The minimum Gasteiger partial charge on any atom is -0.461 e. The van der Waals surface area contributed by atoms with Crippen molar-refractivity contribution in [1.82, 2.24) is 24.7 Å². The van der Waals surface area contributed by atoms with Crippen LogP contribution in [0.4, 0.5) is 5.95 Å². The largest absolute Gasteiger partial charge is 0.461 e. The lowest BCUT2D eigenvalue weighted by Crippen LogP contribution is -2.12. The molecule has 0 aliphatic rings. The summed E-state index contributed by atoms with van der Waals surface area (Å²) in [7, 11) is 1.85. The molecule has 0 aliphatic carbocycles. The zero-order valence-electron chi connectivity index (χ0n) is 11.6. The van der Waals surface area contributed by atoms with Gasteiger partial charge in [-0.25, -0.2) is 0 Å². The standard InChI is InChI=1S/C12H18N6O/c1-5-13-11-15-10(9-6-14-18(4)7-9)16-12(17-11)19-8(2)3/h6-8H,5H2,1-4H3,(H,13,15,16,17). The second kappa shape index (κ2) is 5.64. The van der Waals surface area contributed by atoms with Gasteiger partial charge in [-0.05, 0) is 20.8 Å². The fourth-order valence-corrected chi connectivity index (χ4v) is 1.52. The van der Waals surface area contributed by atoms with E-state index in [0.29, 0.717) is 17.8 Å². The van der Waals surface area contributed by atoms with Crippen molar-refractivity contribution < 1.29 is 4.74 Å². The summed E-state index contributed by atoms with van der Waals surface area (Å²) in [5.41, 5.74) is 0.831. The van der Waals surface area contributed by atoms with Crippen LogP contribution in [-0.2, 0) is 7.05 Å². The molecule has 0 bridgehead atoms. The van der Waals surface area contributed by atoms with Gasteiger partial charge in [0.05, 0.1) is 17.9 Å². The zero-order valence-corrected chi connectivity index (χ0v) is 11.6. The summed E-state index contributed by atoms with van der Waals surface area (Å²) in [4.78, 5) is 12.9. The summed E-state index contributed by atoms with van der Waals surface area (Å²) in [6.07, 6.45) is 3.58. The predicted molar refractivity (Wildman–Crippen MR) is 72.0 cm³/mol. The Morgan fingerprint density at radius 3 is 2.68 bits per heavy atom. The highest BCUT2D eigenvalue weighted by atomic mass is 16.5. The lowest BCUT2D eigenvalue weighted by Gasteiger charge is -2.10. The molecule has 2 aromatic rings. The molecule has 7 nitrogen and oxygen atoms in total. The number of hydrogen-bond acceptors (Lipinski definition) is 6. The number of ether oxygens (including phenoxy) is 1. The average Bonchev–Trinajstić information content (AvgIpc) is 2.75. The van der Waals surface area contributed by atoms with Crippen molar-refractivity contribution in [3.63, 3.8) is 0 Å². The van der Waals surface area contributed by atoms with E-state index in [4.69, 9.17) is 4.74 Å². The van der Waals surface area contributed by atoms with Crippen molar-refractivity contribution in [2.24, 2.45) is 7.05 Å². The van der Waals surface area contributed by atoms with E-state index in [2.05, 4.69) is 25.4 Å². The van der Waals surface area contributed by atoms with Gasteiger partial charge in [-0.3, -0.25) is 4.68 Å². The molecule has 2 rings (SSSR count). The van der Waals surface area contributed by atoms with Crippen molar-refractivity contribution in [2.75, 3.05) is 11.9 Å². The first-order valence-electron chi connectivity index (χ1n) is 6.24. The summed E-state index contributed by atoms with van der Waals surface area (Å²) < 4.78 is 7.24. The lowest BCUT2D eigenvalue weighted by molar-refractivity contribution is 0.222. The van der Waals surface area contributed by atoms with Gasteiger partial charge in [0, 0.05) is 19.8 Å². The van der Waals surface area contributed by atoms with Gasteiger partial charge >= 0.3 is 6.01 Å². The summed E-state index contributed by atoms with van der Waals surface area (Å²) in [5, 5.41) is 7.18. The fourth-order valence-electron chi connectivity index (χ4n) is 1.52. The first-order chi connectivity index (χ1) is 9.08. The minimum absolute atomic E-state index is 0.0126. The third kappa shape index (κ3) is 3.40. The van der Waals surface area contributed by atoms with Gasteiger partial charge in [0.25, 0.3) is 0 Å². The molecule has 0 aromatic carbocycles. The van der Waals surface area contributed by atoms with Crippen LogP contribution in [0, 0.1) is 0 Å². The maximum Gasteiger partial charge on any atom is 0.322 e. The van der Waals surface area contributed by atoms with Crippen LogP contribution in [0.25, 0.3) is 11.4 Å². The number of hydrogen-bond donors (Lipinski definition) is 1. The molecule has 2 aromatic heterocycles. The molecule has 0 radical (unpaired) electrons. The Balaban J connectivity index is 2.38. The van der Waals surface area contributed by atoms with Gasteiger partial charge in [-0.15, -0.1) is 0 Å². The van der Waals surface area contributed by atoms with E-state index in [1.165, 1.54) is 0 Å². The molecule has 102 valence electrons. The second-order valence-electron chi connectivity index (χ2n) is 4.36. The number of nitrogens with zero attached hydrogens (tertiary/aromatic N) is 5. The maximum absolute atomic E-state index is 5.54. The van der Waals surface area contributed by atoms with Crippen LogP contribution in [-0.4, -0.2) is 37.4 Å². The Kier molecular flexibility index (Phi) is 3.94. The molecule has 0 fully saturated rings. The summed E-state index contributed by atoms with van der Waals surface area (Å²) in [5.74, 6) is 1.06. The van der Waals surface area contributed by atoms with Gasteiger partial charge in [0.1, 0.15) is 0 Å². The molecule has 0 saturated heterocycles. The smallest absolute Gasteiger partial charge is 0.322 e. The van der Waals surface area contributed by atoms with Crippen LogP contribution in [0.2, 0.25) is 0 Å². The Bertz CT molecular complexity index is 551. The number of aryl methyl sites for hydroxylation is 1.